The van der Waals surface area contributed by atoms with Crippen molar-refractivity contribution in [3.63, 3.8) is 0 Å². The summed E-state index contributed by atoms with van der Waals surface area (Å²) in [7, 11) is 0. The molecule has 4 heteroatoms. The number of thiophene rings is 1. The van der Waals surface area contributed by atoms with Crippen LogP contribution in [0.3, 0.4) is 0 Å². The van der Waals surface area contributed by atoms with E-state index >= 15 is 0 Å². The van der Waals surface area contributed by atoms with E-state index in [2.05, 4.69) is 22.4 Å². The minimum atomic E-state index is -0.575. The van der Waals surface area contributed by atoms with Gasteiger partial charge in [0.2, 0.25) is 0 Å². The summed E-state index contributed by atoms with van der Waals surface area (Å²) < 4.78 is 0. The van der Waals surface area contributed by atoms with Crippen LogP contribution in [0.1, 0.15) is 24.1 Å². The zero-order valence-electron chi connectivity index (χ0n) is 9.76. The van der Waals surface area contributed by atoms with Crippen molar-refractivity contribution in [3.05, 3.63) is 22.4 Å². The third-order valence-electron chi connectivity index (χ3n) is 4.33. The molecule has 1 aromatic heterocycles. The van der Waals surface area contributed by atoms with E-state index in [1.807, 2.05) is 0 Å². The van der Waals surface area contributed by atoms with Crippen molar-refractivity contribution in [2.75, 3.05) is 13.1 Å². The van der Waals surface area contributed by atoms with Crippen LogP contribution < -0.4 is 0 Å². The first-order valence-electron chi connectivity index (χ1n) is 6.19. The van der Waals surface area contributed by atoms with Crippen LogP contribution in [0.4, 0.5) is 0 Å². The molecule has 0 aromatic carbocycles. The van der Waals surface area contributed by atoms with E-state index in [4.69, 9.17) is 0 Å². The van der Waals surface area contributed by atoms with E-state index in [1.54, 1.807) is 11.3 Å². The second-order valence-corrected chi connectivity index (χ2v) is 6.33. The molecule has 0 radical (unpaired) electrons. The molecule has 1 N–H and O–H groups in total. The Bertz CT molecular complexity index is 417. The summed E-state index contributed by atoms with van der Waals surface area (Å²) in [6.45, 7) is 2.62. The summed E-state index contributed by atoms with van der Waals surface area (Å²) in [5.41, 5.74) is -0.433. The lowest BCUT2D eigenvalue weighted by Gasteiger charge is -2.23. The molecular formula is C13H17NO2S. The van der Waals surface area contributed by atoms with Crippen LogP contribution in [0.2, 0.25) is 0 Å². The van der Waals surface area contributed by atoms with Crippen molar-refractivity contribution in [1.82, 2.24) is 4.90 Å². The van der Waals surface area contributed by atoms with Gasteiger partial charge in [-0.15, -0.1) is 11.3 Å². The molecule has 1 saturated carbocycles. The summed E-state index contributed by atoms with van der Waals surface area (Å²) in [4.78, 5) is 15.2. The van der Waals surface area contributed by atoms with Crippen molar-refractivity contribution in [1.29, 1.82) is 0 Å². The Labute approximate surface area is 105 Å². The summed E-state index contributed by atoms with van der Waals surface area (Å²) in [5.74, 6) is -0.200. The zero-order valence-corrected chi connectivity index (χ0v) is 10.6. The van der Waals surface area contributed by atoms with Gasteiger partial charge in [-0.25, -0.2) is 0 Å². The van der Waals surface area contributed by atoms with Gasteiger partial charge in [-0.05, 0) is 30.2 Å². The van der Waals surface area contributed by atoms with E-state index in [9.17, 15) is 9.90 Å². The van der Waals surface area contributed by atoms with Gasteiger partial charge in [0.15, 0.2) is 0 Å². The Morgan fingerprint density at radius 1 is 1.65 bits per heavy atom. The summed E-state index contributed by atoms with van der Waals surface area (Å²) in [6.07, 6.45) is 3.05. The van der Waals surface area contributed by atoms with Crippen molar-refractivity contribution in [2.45, 2.75) is 25.8 Å². The summed E-state index contributed by atoms with van der Waals surface area (Å²) in [6, 6.07) is 4.19. The molecule has 2 atom stereocenters. The number of carboxylic acids is 1. The van der Waals surface area contributed by atoms with E-state index < -0.39 is 11.4 Å². The Balaban J connectivity index is 1.74. The molecule has 2 heterocycles. The monoisotopic (exact) mass is 251 g/mol. The van der Waals surface area contributed by atoms with E-state index in [1.165, 1.54) is 4.88 Å². The molecule has 0 unspecified atom stereocenters. The van der Waals surface area contributed by atoms with Crippen LogP contribution in [0, 0.1) is 11.3 Å². The highest BCUT2D eigenvalue weighted by Crippen LogP contribution is 2.49. The third-order valence-corrected chi connectivity index (χ3v) is 5.19. The van der Waals surface area contributed by atoms with Gasteiger partial charge < -0.3 is 5.11 Å². The van der Waals surface area contributed by atoms with E-state index in [0.717, 1.165) is 38.9 Å². The molecule has 1 aliphatic carbocycles. The Morgan fingerprint density at radius 3 is 3.18 bits per heavy atom. The van der Waals surface area contributed by atoms with Crippen LogP contribution in [0.5, 0.6) is 0 Å². The van der Waals surface area contributed by atoms with Gasteiger partial charge in [-0.1, -0.05) is 12.5 Å². The number of nitrogens with zero attached hydrogens (tertiary/aromatic N) is 1. The fraction of sp³-hybridized carbons (Fsp3) is 0.615. The highest BCUT2D eigenvalue weighted by Gasteiger charge is 2.54. The smallest absolute Gasteiger partial charge is 0.311 e. The molecule has 1 saturated heterocycles. The summed E-state index contributed by atoms with van der Waals surface area (Å²) >= 11 is 1.76. The SMILES string of the molecule is O=C(O)[C@@]12CCC[C@H]1CN(Cc1cccs1)C2. The lowest BCUT2D eigenvalue weighted by atomic mass is 9.81. The molecule has 17 heavy (non-hydrogen) atoms. The normalized spacial score (nSPS) is 32.8. The number of carboxylic acid groups (broad SMARTS) is 1. The molecule has 0 spiro atoms. The van der Waals surface area contributed by atoms with Crippen LogP contribution in [-0.2, 0) is 11.3 Å². The molecule has 3 nitrogen and oxygen atoms in total. The minimum Gasteiger partial charge on any atom is -0.481 e. The molecule has 92 valence electrons. The number of fused-ring (bicyclic) bond motifs is 1. The molecule has 2 aliphatic rings. The first-order valence-corrected chi connectivity index (χ1v) is 7.07. The van der Waals surface area contributed by atoms with Gasteiger partial charge in [0.05, 0.1) is 5.41 Å². The maximum Gasteiger partial charge on any atom is 0.311 e. The molecule has 3 rings (SSSR count). The lowest BCUT2D eigenvalue weighted by molar-refractivity contribution is -0.149. The van der Waals surface area contributed by atoms with Crippen LogP contribution in [-0.4, -0.2) is 29.1 Å². The van der Waals surface area contributed by atoms with Crippen molar-refractivity contribution in [2.24, 2.45) is 11.3 Å². The number of hydrogen-bond acceptors (Lipinski definition) is 3. The zero-order chi connectivity index (χ0) is 11.9. The average molecular weight is 251 g/mol. The standard InChI is InChI=1S/C13H17NO2S/c15-12(16)13-5-1-3-10(13)7-14(9-13)8-11-4-2-6-17-11/h2,4,6,10H,1,3,5,7-9H2,(H,15,16)/t10-,13+/m0/s1. The predicted octanol–water partition coefficient (Wildman–Crippen LogP) is 2.43. The number of aliphatic carboxylic acids is 1. The Morgan fingerprint density at radius 2 is 2.53 bits per heavy atom. The molecular weight excluding hydrogens is 234 g/mol. The fourth-order valence-corrected chi connectivity index (χ4v) is 4.23. The maximum absolute atomic E-state index is 11.5. The highest BCUT2D eigenvalue weighted by atomic mass is 32.1. The first-order chi connectivity index (χ1) is 8.21. The quantitative estimate of drug-likeness (QED) is 0.897. The van der Waals surface area contributed by atoms with Crippen molar-refractivity contribution < 1.29 is 9.90 Å². The number of likely N-dealkylation sites (tertiary alicyclic amines) is 1. The fourth-order valence-electron chi connectivity index (χ4n) is 3.49. The van der Waals surface area contributed by atoms with E-state index in [0.29, 0.717) is 5.92 Å². The van der Waals surface area contributed by atoms with Gasteiger partial charge in [0.1, 0.15) is 0 Å². The van der Waals surface area contributed by atoms with E-state index in [-0.39, 0.29) is 0 Å². The first kappa shape index (κ1) is 11.2. The molecule has 0 bridgehead atoms. The minimum absolute atomic E-state index is 0.375. The van der Waals surface area contributed by atoms with Gasteiger partial charge in [0, 0.05) is 24.5 Å². The van der Waals surface area contributed by atoms with Crippen LogP contribution in [0.25, 0.3) is 0 Å². The predicted molar refractivity (Wildman–Crippen MR) is 67.0 cm³/mol. The molecule has 0 amide bonds. The number of rotatable bonds is 3. The van der Waals surface area contributed by atoms with Gasteiger partial charge >= 0.3 is 5.97 Å². The molecule has 1 aliphatic heterocycles. The molecule has 1 aromatic rings. The topological polar surface area (TPSA) is 40.5 Å². The summed E-state index contributed by atoms with van der Waals surface area (Å²) in [5, 5.41) is 11.6. The number of carbonyl (C=O) groups is 1. The molecule has 2 fully saturated rings. The number of hydrogen-bond donors (Lipinski definition) is 1. The highest BCUT2D eigenvalue weighted by molar-refractivity contribution is 7.09. The van der Waals surface area contributed by atoms with Crippen molar-refractivity contribution in [3.8, 4) is 0 Å². The Hall–Kier alpha value is -0.870. The largest absolute Gasteiger partial charge is 0.481 e. The average Bonchev–Trinajstić information content (AvgIpc) is 2.92. The Kier molecular flexibility index (Phi) is 2.71. The van der Waals surface area contributed by atoms with Crippen LogP contribution >= 0.6 is 11.3 Å². The third kappa shape index (κ3) is 1.79. The van der Waals surface area contributed by atoms with Crippen molar-refractivity contribution >= 4 is 17.3 Å². The maximum atomic E-state index is 11.5. The van der Waals surface area contributed by atoms with Gasteiger partial charge in [0.25, 0.3) is 0 Å². The second kappa shape index (κ2) is 4.10. The lowest BCUT2D eigenvalue weighted by Crippen LogP contribution is -2.35. The van der Waals surface area contributed by atoms with Gasteiger partial charge in [-0.2, -0.15) is 0 Å². The second-order valence-electron chi connectivity index (χ2n) is 5.30. The van der Waals surface area contributed by atoms with Gasteiger partial charge in [-0.3, -0.25) is 9.69 Å². The van der Waals surface area contributed by atoms with Crippen LogP contribution in [0.15, 0.2) is 17.5 Å².